The molecule has 0 aromatic heterocycles. The maximum absolute atomic E-state index is 11.4. The largest absolute Gasteiger partial charge is 0.444 e. The van der Waals surface area contributed by atoms with Gasteiger partial charge in [-0.05, 0) is 27.7 Å². The first kappa shape index (κ1) is 24.5. The Morgan fingerprint density at radius 2 is 1.70 bits per heavy atom. The van der Waals surface area contributed by atoms with E-state index in [9.17, 15) is 13.2 Å². The first-order valence-corrected chi connectivity index (χ1v) is 9.26. The number of alkyl carbamates (subject to hydrolysis) is 1. The van der Waals surface area contributed by atoms with Crippen LogP contribution in [0, 0.1) is 0 Å². The summed E-state index contributed by atoms with van der Waals surface area (Å²) in [5, 5.41) is 8.61. The van der Waals surface area contributed by atoms with Gasteiger partial charge in [0.1, 0.15) is 15.4 Å². The summed E-state index contributed by atoms with van der Waals surface area (Å²) in [6.07, 6.45) is 0.696. The minimum atomic E-state index is -3.02. The van der Waals surface area contributed by atoms with Crippen molar-refractivity contribution >= 4 is 45.9 Å². The average molecular weight is 464 g/mol. The minimum absolute atomic E-state index is 0. The number of sulfone groups is 1. The predicted molar refractivity (Wildman–Crippen MR) is 103 cm³/mol. The third kappa shape index (κ3) is 17.4. The van der Waals surface area contributed by atoms with Crippen molar-refractivity contribution in [2.45, 2.75) is 33.3 Å². The lowest BCUT2D eigenvalue weighted by Crippen LogP contribution is -2.42. The summed E-state index contributed by atoms with van der Waals surface area (Å²) in [6, 6.07) is 0. The Hall–Kier alpha value is -0.780. The summed E-state index contributed by atoms with van der Waals surface area (Å²) in [5.74, 6) is 0.511. The number of carbonyl (C=O) groups is 1. The molecule has 0 unspecified atom stereocenters. The van der Waals surface area contributed by atoms with E-state index in [0.717, 1.165) is 0 Å². The molecule has 0 aliphatic heterocycles. The summed E-state index contributed by atoms with van der Waals surface area (Å²) in [4.78, 5) is 15.6. The second-order valence-corrected chi connectivity index (χ2v) is 8.01. The van der Waals surface area contributed by atoms with Gasteiger partial charge < -0.3 is 20.7 Å². The molecule has 23 heavy (non-hydrogen) atoms. The molecule has 0 aromatic carbocycles. The fourth-order valence-corrected chi connectivity index (χ4v) is 1.75. The second kappa shape index (κ2) is 11.7. The van der Waals surface area contributed by atoms with Gasteiger partial charge in [0.15, 0.2) is 5.96 Å². The number of rotatable bonds is 7. The zero-order chi connectivity index (χ0) is 17.2. The summed E-state index contributed by atoms with van der Waals surface area (Å²) >= 11 is 0. The highest BCUT2D eigenvalue weighted by Crippen LogP contribution is 2.05. The topological polar surface area (TPSA) is 109 Å². The Labute approximate surface area is 156 Å². The van der Waals surface area contributed by atoms with Crippen LogP contribution in [0.4, 0.5) is 4.79 Å². The highest BCUT2D eigenvalue weighted by atomic mass is 127. The van der Waals surface area contributed by atoms with E-state index in [4.69, 9.17) is 4.74 Å². The van der Waals surface area contributed by atoms with Crippen molar-refractivity contribution in [3.05, 3.63) is 0 Å². The third-order valence-electron chi connectivity index (χ3n) is 2.16. The Kier molecular flexibility index (Phi) is 12.5. The lowest BCUT2D eigenvalue weighted by molar-refractivity contribution is 0.0529. The van der Waals surface area contributed by atoms with Gasteiger partial charge in [0.2, 0.25) is 0 Å². The normalized spacial score (nSPS) is 12.1. The molecule has 0 rings (SSSR count). The molecule has 0 atom stereocenters. The fourth-order valence-electron chi connectivity index (χ4n) is 1.32. The molecule has 0 aromatic rings. The Morgan fingerprint density at radius 1 is 1.13 bits per heavy atom. The number of aliphatic imine (C=N–C) groups is 1. The molecule has 0 aliphatic rings. The number of guanidine groups is 1. The lowest BCUT2D eigenvalue weighted by Gasteiger charge is -2.19. The molecule has 0 radical (unpaired) electrons. The number of nitrogens with one attached hydrogen (secondary N) is 3. The number of hydrogen-bond acceptors (Lipinski definition) is 5. The number of halogens is 1. The molecule has 0 bridgehead atoms. The smallest absolute Gasteiger partial charge is 0.407 e. The van der Waals surface area contributed by atoms with Gasteiger partial charge in [-0.3, -0.25) is 4.99 Å². The van der Waals surface area contributed by atoms with Crippen LogP contribution in [0.15, 0.2) is 4.99 Å². The highest BCUT2D eigenvalue weighted by Gasteiger charge is 2.15. The number of ether oxygens (including phenoxy) is 1. The summed E-state index contributed by atoms with van der Waals surface area (Å²) in [7, 11) is -3.02. The van der Waals surface area contributed by atoms with Gasteiger partial charge >= 0.3 is 6.09 Å². The molecular weight excluding hydrogens is 435 g/mol. The third-order valence-corrected chi connectivity index (χ3v) is 3.09. The maximum Gasteiger partial charge on any atom is 0.407 e. The van der Waals surface area contributed by atoms with Crippen LogP contribution < -0.4 is 16.0 Å². The van der Waals surface area contributed by atoms with Crippen molar-refractivity contribution in [3.8, 4) is 0 Å². The molecule has 3 N–H and O–H groups in total. The molecule has 138 valence electrons. The SMILES string of the molecule is CCNC(=NCCS(C)(=O)=O)NCCNC(=O)OC(C)(C)C.I. The van der Waals surface area contributed by atoms with Crippen LogP contribution in [0.25, 0.3) is 0 Å². The van der Waals surface area contributed by atoms with Crippen molar-refractivity contribution in [3.63, 3.8) is 0 Å². The van der Waals surface area contributed by atoms with Crippen molar-refractivity contribution < 1.29 is 17.9 Å². The van der Waals surface area contributed by atoms with Gasteiger partial charge in [-0.1, -0.05) is 0 Å². The number of hydrogen-bond donors (Lipinski definition) is 3. The van der Waals surface area contributed by atoms with Crippen LogP contribution >= 0.6 is 24.0 Å². The summed E-state index contributed by atoms with van der Waals surface area (Å²) in [6.45, 7) is 8.95. The molecule has 8 nitrogen and oxygen atoms in total. The summed E-state index contributed by atoms with van der Waals surface area (Å²) < 4.78 is 27.2. The van der Waals surface area contributed by atoms with E-state index in [1.54, 1.807) is 20.8 Å². The van der Waals surface area contributed by atoms with Gasteiger partial charge in [-0.2, -0.15) is 0 Å². The van der Waals surface area contributed by atoms with Crippen LogP contribution in [0.1, 0.15) is 27.7 Å². The molecule has 0 spiro atoms. The Bertz CT molecular complexity index is 475. The van der Waals surface area contributed by atoms with Gasteiger partial charge in [0, 0.05) is 25.9 Å². The van der Waals surface area contributed by atoms with Gasteiger partial charge in [-0.15, -0.1) is 24.0 Å². The van der Waals surface area contributed by atoms with Gasteiger partial charge in [-0.25, -0.2) is 13.2 Å². The van der Waals surface area contributed by atoms with Crippen LogP contribution in [0.3, 0.4) is 0 Å². The Morgan fingerprint density at radius 3 is 2.17 bits per heavy atom. The second-order valence-electron chi connectivity index (χ2n) is 5.75. The highest BCUT2D eigenvalue weighted by molar-refractivity contribution is 14.0. The van der Waals surface area contributed by atoms with Crippen molar-refractivity contribution in [1.29, 1.82) is 0 Å². The molecule has 0 saturated carbocycles. The zero-order valence-corrected chi connectivity index (χ0v) is 17.6. The van der Waals surface area contributed by atoms with E-state index in [1.807, 2.05) is 6.92 Å². The van der Waals surface area contributed by atoms with E-state index in [0.29, 0.717) is 25.6 Å². The first-order chi connectivity index (χ1) is 10.0. The number of amides is 1. The predicted octanol–water partition coefficient (Wildman–Crippen LogP) is 0.729. The molecule has 0 saturated heterocycles. The van der Waals surface area contributed by atoms with Crippen molar-refractivity contribution in [1.82, 2.24) is 16.0 Å². The van der Waals surface area contributed by atoms with Crippen molar-refractivity contribution in [2.24, 2.45) is 4.99 Å². The lowest BCUT2D eigenvalue weighted by atomic mass is 10.2. The minimum Gasteiger partial charge on any atom is -0.444 e. The van der Waals surface area contributed by atoms with E-state index < -0.39 is 21.5 Å². The molecule has 0 heterocycles. The average Bonchev–Trinajstić information content (AvgIpc) is 2.30. The van der Waals surface area contributed by atoms with Gasteiger partial charge in [0.25, 0.3) is 0 Å². The quantitative estimate of drug-likeness (QED) is 0.222. The molecule has 0 fully saturated rings. The molecular formula is C13H29IN4O4S. The summed E-state index contributed by atoms with van der Waals surface area (Å²) in [5.41, 5.74) is -0.528. The van der Waals surface area contributed by atoms with E-state index in [1.165, 1.54) is 6.26 Å². The van der Waals surface area contributed by atoms with Crippen LogP contribution in [0.5, 0.6) is 0 Å². The number of nitrogens with zero attached hydrogens (tertiary/aromatic N) is 1. The standard InChI is InChI=1S/C13H28N4O4S.HI/c1-6-14-11(16-9-10-22(5,19)20)15-7-8-17-12(18)21-13(2,3)4;/h6-10H2,1-5H3,(H,17,18)(H2,14,15,16);1H. The maximum atomic E-state index is 11.4. The molecule has 10 heteroatoms. The van der Waals surface area contributed by atoms with E-state index in [2.05, 4.69) is 20.9 Å². The van der Waals surface area contributed by atoms with E-state index in [-0.39, 0.29) is 36.3 Å². The van der Waals surface area contributed by atoms with E-state index >= 15 is 0 Å². The zero-order valence-electron chi connectivity index (χ0n) is 14.4. The van der Waals surface area contributed by atoms with Crippen molar-refractivity contribution in [2.75, 3.05) is 38.2 Å². The Balaban J connectivity index is 0. The molecule has 1 amide bonds. The van der Waals surface area contributed by atoms with Crippen LogP contribution in [-0.2, 0) is 14.6 Å². The molecule has 0 aliphatic carbocycles. The van der Waals surface area contributed by atoms with Crippen LogP contribution in [-0.4, -0.2) is 64.3 Å². The van der Waals surface area contributed by atoms with Crippen LogP contribution in [0.2, 0.25) is 0 Å². The first-order valence-electron chi connectivity index (χ1n) is 7.20. The fraction of sp³-hybridized carbons (Fsp3) is 0.846. The monoisotopic (exact) mass is 464 g/mol. The van der Waals surface area contributed by atoms with Gasteiger partial charge in [0.05, 0.1) is 12.3 Å². The number of carbonyl (C=O) groups excluding carboxylic acids is 1.